The van der Waals surface area contributed by atoms with Crippen LogP contribution < -0.4 is 5.32 Å². The predicted molar refractivity (Wildman–Crippen MR) is 87.9 cm³/mol. The van der Waals surface area contributed by atoms with Crippen LogP contribution in [0, 0.1) is 0 Å². The van der Waals surface area contributed by atoms with Crippen molar-refractivity contribution in [1.29, 1.82) is 0 Å². The van der Waals surface area contributed by atoms with Gasteiger partial charge in [-0.2, -0.15) is 0 Å². The molecule has 0 aromatic rings. The standard InChI is InChI=1S/C16H32BrNO/c1-2-3-4-5-6-7-8-9-10-13-16(19)18-15-12-11-14-17/h2-15H2,1H3,(H,18,19). The van der Waals surface area contributed by atoms with Crippen LogP contribution in [0.1, 0.15) is 84.0 Å². The van der Waals surface area contributed by atoms with Gasteiger partial charge < -0.3 is 5.32 Å². The molecular formula is C16H32BrNO. The highest BCUT2D eigenvalue weighted by molar-refractivity contribution is 9.09. The Bertz CT molecular complexity index is 197. The normalized spacial score (nSPS) is 10.6. The summed E-state index contributed by atoms with van der Waals surface area (Å²) in [6.07, 6.45) is 14.7. The number of carbonyl (C=O) groups is 1. The Balaban J connectivity index is 3.10. The highest BCUT2D eigenvalue weighted by Crippen LogP contribution is 2.10. The number of carbonyl (C=O) groups excluding carboxylic acids is 1. The largest absolute Gasteiger partial charge is 0.356 e. The van der Waals surface area contributed by atoms with E-state index in [1.54, 1.807) is 0 Å². The molecular weight excluding hydrogens is 302 g/mol. The van der Waals surface area contributed by atoms with Gasteiger partial charge in [0, 0.05) is 18.3 Å². The van der Waals surface area contributed by atoms with E-state index in [-0.39, 0.29) is 5.91 Å². The Morgan fingerprint density at radius 3 is 2.00 bits per heavy atom. The van der Waals surface area contributed by atoms with Gasteiger partial charge in [0.1, 0.15) is 0 Å². The number of halogens is 1. The van der Waals surface area contributed by atoms with Crippen molar-refractivity contribution in [2.24, 2.45) is 0 Å². The topological polar surface area (TPSA) is 29.1 Å². The predicted octanol–water partition coefficient (Wildman–Crippen LogP) is 5.20. The fraction of sp³-hybridized carbons (Fsp3) is 0.938. The fourth-order valence-electron chi connectivity index (χ4n) is 2.13. The second-order valence-corrected chi connectivity index (χ2v) is 6.12. The minimum absolute atomic E-state index is 0.234. The third-order valence-electron chi connectivity index (χ3n) is 3.39. The molecule has 1 amide bonds. The molecule has 0 aliphatic rings. The molecule has 0 bridgehead atoms. The lowest BCUT2D eigenvalue weighted by atomic mass is 10.1. The van der Waals surface area contributed by atoms with Gasteiger partial charge in [0.15, 0.2) is 0 Å². The van der Waals surface area contributed by atoms with Gasteiger partial charge in [-0.1, -0.05) is 74.2 Å². The number of amides is 1. The van der Waals surface area contributed by atoms with Crippen LogP contribution in [0.15, 0.2) is 0 Å². The van der Waals surface area contributed by atoms with E-state index in [0.717, 1.165) is 31.1 Å². The second-order valence-electron chi connectivity index (χ2n) is 5.32. The van der Waals surface area contributed by atoms with Crippen molar-refractivity contribution in [3.05, 3.63) is 0 Å². The molecule has 0 unspecified atom stereocenters. The Morgan fingerprint density at radius 2 is 1.42 bits per heavy atom. The molecule has 0 radical (unpaired) electrons. The van der Waals surface area contributed by atoms with Crippen LogP contribution in [0.25, 0.3) is 0 Å². The van der Waals surface area contributed by atoms with Crippen LogP contribution in [-0.4, -0.2) is 17.8 Å². The first-order chi connectivity index (χ1) is 9.31. The molecule has 0 spiro atoms. The zero-order valence-corrected chi connectivity index (χ0v) is 14.3. The minimum Gasteiger partial charge on any atom is -0.356 e. The van der Waals surface area contributed by atoms with E-state index in [0.29, 0.717) is 6.42 Å². The molecule has 0 heterocycles. The second kappa shape index (κ2) is 16.0. The third-order valence-corrected chi connectivity index (χ3v) is 3.95. The van der Waals surface area contributed by atoms with Gasteiger partial charge in [0.05, 0.1) is 0 Å². The Kier molecular flexibility index (Phi) is 16.0. The average molecular weight is 334 g/mol. The van der Waals surface area contributed by atoms with Crippen LogP contribution in [0.3, 0.4) is 0 Å². The summed E-state index contributed by atoms with van der Waals surface area (Å²) in [5.74, 6) is 0.234. The molecule has 19 heavy (non-hydrogen) atoms. The summed E-state index contributed by atoms with van der Waals surface area (Å²) >= 11 is 3.39. The van der Waals surface area contributed by atoms with Gasteiger partial charge in [-0.05, 0) is 19.3 Å². The maximum absolute atomic E-state index is 11.5. The molecule has 2 nitrogen and oxygen atoms in total. The van der Waals surface area contributed by atoms with E-state index in [2.05, 4.69) is 28.2 Å². The van der Waals surface area contributed by atoms with Crippen molar-refractivity contribution in [2.75, 3.05) is 11.9 Å². The lowest BCUT2D eigenvalue weighted by molar-refractivity contribution is -0.121. The van der Waals surface area contributed by atoms with Crippen molar-refractivity contribution in [2.45, 2.75) is 84.0 Å². The van der Waals surface area contributed by atoms with E-state index < -0.39 is 0 Å². The minimum atomic E-state index is 0.234. The Labute approximate surface area is 128 Å². The van der Waals surface area contributed by atoms with E-state index in [9.17, 15) is 4.79 Å². The monoisotopic (exact) mass is 333 g/mol. The number of hydrogen-bond acceptors (Lipinski definition) is 1. The van der Waals surface area contributed by atoms with Gasteiger partial charge in [-0.25, -0.2) is 0 Å². The molecule has 1 N–H and O–H groups in total. The van der Waals surface area contributed by atoms with Crippen molar-refractivity contribution in [3.8, 4) is 0 Å². The number of hydrogen-bond donors (Lipinski definition) is 1. The Morgan fingerprint density at radius 1 is 0.842 bits per heavy atom. The van der Waals surface area contributed by atoms with E-state index in [1.165, 1.54) is 51.4 Å². The molecule has 114 valence electrons. The number of rotatable bonds is 14. The van der Waals surface area contributed by atoms with Gasteiger partial charge in [-0.3, -0.25) is 4.79 Å². The summed E-state index contributed by atoms with van der Waals surface area (Å²) in [5.41, 5.74) is 0. The summed E-state index contributed by atoms with van der Waals surface area (Å²) in [5, 5.41) is 4.01. The van der Waals surface area contributed by atoms with Crippen LogP contribution in [0.2, 0.25) is 0 Å². The molecule has 0 fully saturated rings. The summed E-state index contributed by atoms with van der Waals surface area (Å²) in [6.45, 7) is 3.09. The molecule has 0 saturated heterocycles. The van der Waals surface area contributed by atoms with Gasteiger partial charge in [0.25, 0.3) is 0 Å². The number of unbranched alkanes of at least 4 members (excludes halogenated alkanes) is 9. The van der Waals surface area contributed by atoms with Crippen LogP contribution in [0.4, 0.5) is 0 Å². The molecule has 0 atom stereocenters. The molecule has 0 aromatic carbocycles. The van der Waals surface area contributed by atoms with Crippen molar-refractivity contribution < 1.29 is 4.79 Å². The van der Waals surface area contributed by atoms with Crippen molar-refractivity contribution in [3.63, 3.8) is 0 Å². The zero-order valence-electron chi connectivity index (χ0n) is 12.7. The first-order valence-electron chi connectivity index (χ1n) is 8.14. The lowest BCUT2D eigenvalue weighted by Crippen LogP contribution is -2.24. The van der Waals surface area contributed by atoms with Crippen LogP contribution >= 0.6 is 15.9 Å². The smallest absolute Gasteiger partial charge is 0.219 e. The van der Waals surface area contributed by atoms with Crippen LogP contribution in [-0.2, 0) is 4.79 Å². The van der Waals surface area contributed by atoms with Gasteiger partial charge >= 0.3 is 0 Å². The number of nitrogens with one attached hydrogen (secondary N) is 1. The fourth-order valence-corrected chi connectivity index (χ4v) is 2.53. The van der Waals surface area contributed by atoms with E-state index in [4.69, 9.17) is 0 Å². The highest BCUT2D eigenvalue weighted by atomic mass is 79.9. The highest BCUT2D eigenvalue weighted by Gasteiger charge is 2.00. The Hall–Kier alpha value is -0.0500. The molecule has 0 aliphatic carbocycles. The molecule has 0 rings (SSSR count). The quantitative estimate of drug-likeness (QED) is 0.343. The molecule has 0 aliphatic heterocycles. The zero-order chi connectivity index (χ0) is 14.2. The van der Waals surface area contributed by atoms with Gasteiger partial charge in [0.2, 0.25) is 5.91 Å². The summed E-state index contributed by atoms with van der Waals surface area (Å²) in [6, 6.07) is 0. The summed E-state index contributed by atoms with van der Waals surface area (Å²) in [7, 11) is 0. The van der Waals surface area contributed by atoms with Crippen molar-refractivity contribution in [1.82, 2.24) is 5.32 Å². The van der Waals surface area contributed by atoms with E-state index in [1.807, 2.05) is 0 Å². The average Bonchev–Trinajstić information content (AvgIpc) is 2.42. The number of alkyl halides is 1. The molecule has 3 heteroatoms. The van der Waals surface area contributed by atoms with Crippen LogP contribution in [0.5, 0.6) is 0 Å². The van der Waals surface area contributed by atoms with Gasteiger partial charge in [-0.15, -0.1) is 0 Å². The first-order valence-corrected chi connectivity index (χ1v) is 9.26. The van der Waals surface area contributed by atoms with Crippen molar-refractivity contribution >= 4 is 21.8 Å². The summed E-state index contributed by atoms with van der Waals surface area (Å²) < 4.78 is 0. The molecule has 0 aromatic heterocycles. The van der Waals surface area contributed by atoms with E-state index >= 15 is 0 Å². The maximum atomic E-state index is 11.5. The SMILES string of the molecule is CCCCCCCCCCCC(=O)NCCCCBr. The maximum Gasteiger partial charge on any atom is 0.219 e. The third kappa shape index (κ3) is 15.9. The molecule has 0 saturated carbocycles. The first kappa shape index (κ1) is 18.9. The summed E-state index contributed by atoms with van der Waals surface area (Å²) in [4.78, 5) is 11.5. The lowest BCUT2D eigenvalue weighted by Gasteiger charge is -2.04.